The first-order valence-electron chi connectivity index (χ1n) is 5.10. The molecule has 0 saturated heterocycles. The van der Waals surface area contributed by atoms with Crippen LogP contribution in [-0.4, -0.2) is 18.2 Å². The summed E-state index contributed by atoms with van der Waals surface area (Å²) < 4.78 is 5.15. The van der Waals surface area contributed by atoms with Crippen molar-refractivity contribution in [2.24, 2.45) is 0 Å². The first kappa shape index (κ1) is 11.7. The van der Waals surface area contributed by atoms with E-state index in [1.807, 2.05) is 37.3 Å². The van der Waals surface area contributed by atoms with Gasteiger partial charge in [0.05, 0.1) is 7.11 Å². The molecule has 0 radical (unpaired) electrons. The molecule has 1 N–H and O–H groups in total. The van der Waals surface area contributed by atoms with Gasteiger partial charge in [-0.25, -0.2) is 4.79 Å². The Bertz CT molecular complexity index is 558. The van der Waals surface area contributed by atoms with Gasteiger partial charge in [-0.3, -0.25) is 0 Å². The van der Waals surface area contributed by atoms with Crippen LogP contribution in [0, 0.1) is 6.92 Å². The first-order chi connectivity index (χ1) is 8.11. The maximum absolute atomic E-state index is 11.0. The highest BCUT2D eigenvalue weighted by Gasteiger charge is 2.13. The molecule has 0 atom stereocenters. The normalized spacial score (nSPS) is 10.2. The standard InChI is InChI=1S/C13H12O3S/c1-8-6-11(17-12(8)13(14)15)9-4-3-5-10(7-9)16-2/h3-7H,1-2H3,(H,14,15). The molecular formula is C13H12O3S. The average Bonchev–Trinajstić information content (AvgIpc) is 2.71. The molecule has 1 aromatic heterocycles. The number of carboxylic acid groups (broad SMARTS) is 1. The second kappa shape index (κ2) is 4.59. The molecule has 17 heavy (non-hydrogen) atoms. The van der Waals surface area contributed by atoms with E-state index in [1.165, 1.54) is 11.3 Å². The van der Waals surface area contributed by atoms with Crippen LogP contribution in [0.5, 0.6) is 5.75 Å². The van der Waals surface area contributed by atoms with Crippen LogP contribution in [-0.2, 0) is 0 Å². The van der Waals surface area contributed by atoms with E-state index in [1.54, 1.807) is 7.11 Å². The molecule has 2 aromatic rings. The first-order valence-corrected chi connectivity index (χ1v) is 5.91. The smallest absolute Gasteiger partial charge is 0.346 e. The molecule has 0 aliphatic carbocycles. The fourth-order valence-corrected chi connectivity index (χ4v) is 2.62. The molecule has 88 valence electrons. The monoisotopic (exact) mass is 248 g/mol. The molecule has 0 spiro atoms. The van der Waals surface area contributed by atoms with Crippen molar-refractivity contribution < 1.29 is 14.6 Å². The molecule has 0 aliphatic rings. The summed E-state index contributed by atoms with van der Waals surface area (Å²) in [6, 6.07) is 9.49. The number of rotatable bonds is 3. The largest absolute Gasteiger partial charge is 0.497 e. The molecule has 3 nitrogen and oxygen atoms in total. The van der Waals surface area contributed by atoms with Gasteiger partial charge in [0.15, 0.2) is 0 Å². The summed E-state index contributed by atoms with van der Waals surface area (Å²) in [5.74, 6) is -0.105. The fourth-order valence-electron chi connectivity index (χ4n) is 1.61. The Labute approximate surface area is 103 Å². The van der Waals surface area contributed by atoms with Gasteiger partial charge < -0.3 is 9.84 Å². The fraction of sp³-hybridized carbons (Fsp3) is 0.154. The Kier molecular flexibility index (Phi) is 3.15. The maximum atomic E-state index is 11.0. The van der Waals surface area contributed by atoms with Crippen molar-refractivity contribution in [1.29, 1.82) is 0 Å². The number of aromatic carboxylic acids is 1. The van der Waals surface area contributed by atoms with Gasteiger partial charge in [0.25, 0.3) is 0 Å². The number of aryl methyl sites for hydroxylation is 1. The van der Waals surface area contributed by atoms with E-state index in [0.717, 1.165) is 21.8 Å². The van der Waals surface area contributed by atoms with E-state index in [-0.39, 0.29) is 0 Å². The van der Waals surface area contributed by atoms with E-state index in [4.69, 9.17) is 9.84 Å². The molecule has 1 aromatic carbocycles. The minimum absolute atomic E-state index is 0.391. The zero-order valence-electron chi connectivity index (χ0n) is 9.56. The quantitative estimate of drug-likeness (QED) is 0.905. The summed E-state index contributed by atoms with van der Waals surface area (Å²) in [6.07, 6.45) is 0. The number of ether oxygens (including phenoxy) is 1. The lowest BCUT2D eigenvalue weighted by Gasteiger charge is -2.01. The Hall–Kier alpha value is -1.81. The number of thiophene rings is 1. The van der Waals surface area contributed by atoms with Gasteiger partial charge in [-0.2, -0.15) is 0 Å². The van der Waals surface area contributed by atoms with E-state index in [9.17, 15) is 4.79 Å². The predicted octanol–water partition coefficient (Wildman–Crippen LogP) is 3.43. The second-order valence-corrected chi connectivity index (χ2v) is 4.71. The van der Waals surface area contributed by atoms with Crippen molar-refractivity contribution in [2.75, 3.05) is 7.11 Å². The van der Waals surface area contributed by atoms with Crippen molar-refractivity contribution in [3.05, 3.63) is 40.8 Å². The maximum Gasteiger partial charge on any atom is 0.346 e. The molecule has 0 saturated carbocycles. The van der Waals surface area contributed by atoms with Gasteiger partial charge in [-0.05, 0) is 36.2 Å². The molecule has 0 aliphatic heterocycles. The van der Waals surface area contributed by atoms with Crippen LogP contribution in [0.2, 0.25) is 0 Å². The molecule has 0 unspecified atom stereocenters. The summed E-state index contributed by atoms with van der Waals surface area (Å²) in [4.78, 5) is 12.3. The van der Waals surface area contributed by atoms with Crippen molar-refractivity contribution >= 4 is 17.3 Å². The molecule has 4 heteroatoms. The van der Waals surface area contributed by atoms with Crippen molar-refractivity contribution in [2.45, 2.75) is 6.92 Å². The highest BCUT2D eigenvalue weighted by molar-refractivity contribution is 7.17. The number of carboxylic acids is 1. The number of hydrogen-bond donors (Lipinski definition) is 1. The van der Waals surface area contributed by atoms with Crippen LogP contribution >= 0.6 is 11.3 Å². The lowest BCUT2D eigenvalue weighted by atomic mass is 10.1. The molecule has 2 rings (SSSR count). The minimum Gasteiger partial charge on any atom is -0.497 e. The highest BCUT2D eigenvalue weighted by Crippen LogP contribution is 2.32. The number of carbonyl (C=O) groups is 1. The Morgan fingerprint density at radius 1 is 1.35 bits per heavy atom. The van der Waals surface area contributed by atoms with E-state index in [2.05, 4.69) is 0 Å². The van der Waals surface area contributed by atoms with E-state index in [0.29, 0.717) is 4.88 Å². The number of methoxy groups -OCH3 is 1. The lowest BCUT2D eigenvalue weighted by molar-refractivity contribution is 0.0701. The Morgan fingerprint density at radius 2 is 2.12 bits per heavy atom. The van der Waals surface area contributed by atoms with E-state index >= 15 is 0 Å². The number of hydrogen-bond acceptors (Lipinski definition) is 3. The van der Waals surface area contributed by atoms with Gasteiger partial charge >= 0.3 is 5.97 Å². The summed E-state index contributed by atoms with van der Waals surface area (Å²) in [5.41, 5.74) is 1.77. The van der Waals surface area contributed by atoms with E-state index < -0.39 is 5.97 Å². The second-order valence-electron chi connectivity index (χ2n) is 3.66. The number of benzene rings is 1. The summed E-state index contributed by atoms with van der Waals surface area (Å²) in [5, 5.41) is 9.01. The van der Waals surface area contributed by atoms with Crippen LogP contribution in [0.3, 0.4) is 0 Å². The third-order valence-electron chi connectivity index (χ3n) is 2.47. The molecular weight excluding hydrogens is 236 g/mol. The molecule has 0 amide bonds. The topological polar surface area (TPSA) is 46.5 Å². The Morgan fingerprint density at radius 3 is 2.71 bits per heavy atom. The minimum atomic E-state index is -0.873. The van der Waals surface area contributed by atoms with Gasteiger partial charge in [0, 0.05) is 4.88 Å². The van der Waals surface area contributed by atoms with Crippen molar-refractivity contribution in [3.63, 3.8) is 0 Å². The van der Waals surface area contributed by atoms with Crippen LogP contribution in [0.15, 0.2) is 30.3 Å². The average molecular weight is 248 g/mol. The SMILES string of the molecule is COc1cccc(-c2cc(C)c(C(=O)O)s2)c1. The third kappa shape index (κ3) is 2.31. The van der Waals surface area contributed by atoms with Crippen LogP contribution in [0.25, 0.3) is 10.4 Å². The molecule has 0 bridgehead atoms. The van der Waals surface area contributed by atoms with Gasteiger partial charge in [-0.1, -0.05) is 12.1 Å². The third-order valence-corrected chi connectivity index (χ3v) is 3.74. The zero-order valence-corrected chi connectivity index (χ0v) is 10.4. The van der Waals surface area contributed by atoms with Gasteiger partial charge in [0.2, 0.25) is 0 Å². The zero-order chi connectivity index (χ0) is 12.4. The summed E-state index contributed by atoms with van der Waals surface area (Å²) >= 11 is 1.28. The van der Waals surface area contributed by atoms with Crippen LogP contribution in [0.4, 0.5) is 0 Å². The Balaban J connectivity index is 2.46. The van der Waals surface area contributed by atoms with Gasteiger partial charge in [0.1, 0.15) is 10.6 Å². The van der Waals surface area contributed by atoms with Gasteiger partial charge in [-0.15, -0.1) is 11.3 Å². The predicted molar refractivity (Wildman–Crippen MR) is 68.0 cm³/mol. The lowest BCUT2D eigenvalue weighted by Crippen LogP contribution is -1.93. The summed E-state index contributed by atoms with van der Waals surface area (Å²) in [6.45, 7) is 1.81. The van der Waals surface area contributed by atoms with Crippen LogP contribution in [0.1, 0.15) is 15.2 Å². The van der Waals surface area contributed by atoms with Crippen molar-refractivity contribution in [3.8, 4) is 16.2 Å². The molecule has 0 fully saturated rings. The van der Waals surface area contributed by atoms with Crippen LogP contribution < -0.4 is 4.74 Å². The van der Waals surface area contributed by atoms with Crippen molar-refractivity contribution in [1.82, 2.24) is 0 Å². The highest BCUT2D eigenvalue weighted by atomic mass is 32.1. The summed E-state index contributed by atoms with van der Waals surface area (Å²) in [7, 11) is 1.61. The molecule has 1 heterocycles.